The number of halogens is 1. The average Bonchev–Trinajstić information content (AvgIpc) is 3.41. The van der Waals surface area contributed by atoms with E-state index in [9.17, 15) is 9.18 Å². The van der Waals surface area contributed by atoms with Gasteiger partial charge in [0.25, 0.3) is 11.6 Å². The maximum absolute atomic E-state index is 13.5. The number of pyridine rings is 1. The summed E-state index contributed by atoms with van der Waals surface area (Å²) in [4.78, 5) is 19.8. The van der Waals surface area contributed by atoms with Gasteiger partial charge in [0.2, 0.25) is 0 Å². The summed E-state index contributed by atoms with van der Waals surface area (Å²) in [7, 11) is 0. The van der Waals surface area contributed by atoms with E-state index < -0.39 is 0 Å². The molecule has 1 fully saturated rings. The van der Waals surface area contributed by atoms with Crippen molar-refractivity contribution in [3.63, 3.8) is 0 Å². The quantitative estimate of drug-likeness (QED) is 0.524. The van der Waals surface area contributed by atoms with Crippen molar-refractivity contribution >= 4 is 22.7 Å². The van der Waals surface area contributed by atoms with Gasteiger partial charge >= 0.3 is 0 Å². The molecule has 2 aromatic heterocycles. The average molecular weight is 416 g/mol. The predicted molar refractivity (Wildman–Crippen MR) is 116 cm³/mol. The molecular formula is C24H21FN4O2. The minimum atomic E-state index is -0.328. The van der Waals surface area contributed by atoms with E-state index in [4.69, 9.17) is 4.52 Å². The van der Waals surface area contributed by atoms with Gasteiger partial charge in [-0.1, -0.05) is 23.4 Å². The van der Waals surface area contributed by atoms with Crippen LogP contribution in [0.2, 0.25) is 0 Å². The molecule has 1 aliphatic rings. The summed E-state index contributed by atoms with van der Waals surface area (Å²) < 4.78 is 18.7. The molecular weight excluding hydrogens is 395 g/mol. The van der Waals surface area contributed by atoms with Gasteiger partial charge in [-0.25, -0.2) is 9.37 Å². The molecule has 0 bridgehead atoms. The molecule has 7 heteroatoms. The van der Waals surface area contributed by atoms with Crippen LogP contribution in [-0.2, 0) is 0 Å². The number of para-hydroxylation sites is 1. The van der Waals surface area contributed by atoms with Gasteiger partial charge in [0.05, 0.1) is 22.3 Å². The first-order valence-corrected chi connectivity index (χ1v) is 10.2. The molecule has 1 aliphatic heterocycles. The summed E-state index contributed by atoms with van der Waals surface area (Å²) in [6, 6.07) is 17.9. The number of likely N-dealkylation sites (tertiary alicyclic amines) is 1. The molecule has 4 aromatic rings. The number of benzene rings is 2. The van der Waals surface area contributed by atoms with Gasteiger partial charge < -0.3 is 14.7 Å². The van der Waals surface area contributed by atoms with E-state index in [1.807, 2.05) is 35.2 Å². The Morgan fingerprint density at radius 3 is 2.71 bits per heavy atom. The Kier molecular flexibility index (Phi) is 4.86. The van der Waals surface area contributed by atoms with Crippen LogP contribution in [0.1, 0.15) is 22.5 Å². The van der Waals surface area contributed by atoms with Crippen molar-refractivity contribution in [3.8, 4) is 11.3 Å². The molecule has 5 rings (SSSR count). The minimum absolute atomic E-state index is 0.0839. The lowest BCUT2D eigenvalue weighted by atomic mass is 10.0. The molecule has 0 spiro atoms. The van der Waals surface area contributed by atoms with Crippen molar-refractivity contribution in [2.24, 2.45) is 0 Å². The van der Waals surface area contributed by atoms with Gasteiger partial charge in [-0.2, -0.15) is 0 Å². The fraction of sp³-hybridized carbons (Fsp3) is 0.208. The predicted octanol–water partition coefficient (Wildman–Crippen LogP) is 4.66. The van der Waals surface area contributed by atoms with Crippen molar-refractivity contribution in [2.75, 3.05) is 18.4 Å². The molecule has 6 nitrogen and oxygen atoms in total. The molecule has 0 saturated carbocycles. The van der Waals surface area contributed by atoms with Crippen molar-refractivity contribution in [1.82, 2.24) is 15.0 Å². The monoisotopic (exact) mass is 416 g/mol. The minimum Gasteiger partial charge on any atom is -0.380 e. The zero-order valence-corrected chi connectivity index (χ0v) is 17.0. The van der Waals surface area contributed by atoms with Gasteiger partial charge in [0.1, 0.15) is 5.82 Å². The van der Waals surface area contributed by atoms with E-state index in [1.165, 1.54) is 12.1 Å². The van der Waals surface area contributed by atoms with Crippen LogP contribution in [0.5, 0.6) is 0 Å². The van der Waals surface area contributed by atoms with Crippen LogP contribution < -0.4 is 5.32 Å². The van der Waals surface area contributed by atoms with Crippen LogP contribution in [0, 0.1) is 12.7 Å². The maximum Gasteiger partial charge on any atom is 0.259 e. The third-order valence-electron chi connectivity index (χ3n) is 5.61. The number of amides is 1. The molecule has 0 radical (unpaired) electrons. The second-order valence-corrected chi connectivity index (χ2v) is 7.76. The first kappa shape index (κ1) is 19.2. The number of rotatable bonds is 4. The molecule has 1 unspecified atom stereocenters. The molecule has 1 atom stereocenters. The lowest BCUT2D eigenvalue weighted by Crippen LogP contribution is -2.31. The zero-order chi connectivity index (χ0) is 21.4. The fourth-order valence-electron chi connectivity index (χ4n) is 4.03. The van der Waals surface area contributed by atoms with Gasteiger partial charge in [-0.15, -0.1) is 0 Å². The number of hydrogen-bond acceptors (Lipinski definition) is 5. The van der Waals surface area contributed by atoms with E-state index in [1.54, 1.807) is 25.1 Å². The topological polar surface area (TPSA) is 71.3 Å². The Morgan fingerprint density at radius 1 is 1.16 bits per heavy atom. The Balaban J connectivity index is 1.45. The lowest BCUT2D eigenvalue weighted by molar-refractivity contribution is 0.0793. The highest BCUT2D eigenvalue weighted by Crippen LogP contribution is 2.29. The largest absolute Gasteiger partial charge is 0.380 e. The SMILES string of the molecule is Cc1noc2nc(-c3ccc(F)cc3)cc(C(=O)N3CCC(Nc4ccccc4)C3)c12. The normalized spacial score (nSPS) is 16.1. The summed E-state index contributed by atoms with van der Waals surface area (Å²) in [5.74, 6) is -0.412. The van der Waals surface area contributed by atoms with Crippen molar-refractivity contribution in [2.45, 2.75) is 19.4 Å². The number of aromatic nitrogens is 2. The van der Waals surface area contributed by atoms with Gasteiger partial charge in [-0.3, -0.25) is 4.79 Å². The Bertz CT molecular complexity index is 1240. The number of anilines is 1. The summed E-state index contributed by atoms with van der Waals surface area (Å²) >= 11 is 0. The summed E-state index contributed by atoms with van der Waals surface area (Å²) in [6.45, 7) is 3.06. The second kappa shape index (κ2) is 7.83. The van der Waals surface area contributed by atoms with Crippen molar-refractivity contribution in [1.29, 1.82) is 0 Å². The van der Waals surface area contributed by atoms with E-state index >= 15 is 0 Å². The van der Waals surface area contributed by atoms with Crippen LogP contribution in [0.25, 0.3) is 22.4 Å². The van der Waals surface area contributed by atoms with Gasteiger partial charge in [0, 0.05) is 30.4 Å². The van der Waals surface area contributed by atoms with E-state index in [-0.39, 0.29) is 17.8 Å². The Labute approximate surface area is 178 Å². The van der Waals surface area contributed by atoms with Crippen LogP contribution in [0.15, 0.2) is 65.2 Å². The number of nitrogens with zero attached hydrogens (tertiary/aromatic N) is 3. The first-order valence-electron chi connectivity index (χ1n) is 10.2. The smallest absolute Gasteiger partial charge is 0.259 e. The highest BCUT2D eigenvalue weighted by Gasteiger charge is 2.29. The van der Waals surface area contributed by atoms with Crippen LogP contribution in [0.3, 0.4) is 0 Å². The van der Waals surface area contributed by atoms with E-state index in [2.05, 4.69) is 15.5 Å². The number of aryl methyl sites for hydroxylation is 1. The second-order valence-electron chi connectivity index (χ2n) is 7.76. The molecule has 156 valence electrons. The number of hydrogen-bond donors (Lipinski definition) is 1. The molecule has 3 heterocycles. The van der Waals surface area contributed by atoms with Gasteiger partial charge in [-0.05, 0) is 55.8 Å². The third kappa shape index (κ3) is 3.74. The third-order valence-corrected chi connectivity index (χ3v) is 5.61. The highest BCUT2D eigenvalue weighted by molar-refractivity contribution is 6.07. The summed E-state index contributed by atoms with van der Waals surface area (Å²) in [6.07, 6.45) is 0.863. The number of carbonyl (C=O) groups is 1. The maximum atomic E-state index is 13.5. The van der Waals surface area contributed by atoms with Gasteiger partial charge in [0.15, 0.2) is 0 Å². The van der Waals surface area contributed by atoms with E-state index in [0.717, 1.165) is 12.1 Å². The zero-order valence-electron chi connectivity index (χ0n) is 17.0. The van der Waals surface area contributed by atoms with E-state index in [0.29, 0.717) is 46.7 Å². The van der Waals surface area contributed by atoms with Crippen LogP contribution in [-0.4, -0.2) is 40.1 Å². The van der Waals surface area contributed by atoms with Crippen LogP contribution in [0.4, 0.5) is 10.1 Å². The first-order chi connectivity index (χ1) is 15.1. The Hall–Kier alpha value is -3.74. The highest BCUT2D eigenvalue weighted by atomic mass is 19.1. The number of nitrogens with one attached hydrogen (secondary N) is 1. The lowest BCUT2D eigenvalue weighted by Gasteiger charge is -2.18. The molecule has 31 heavy (non-hydrogen) atoms. The molecule has 1 saturated heterocycles. The van der Waals surface area contributed by atoms with Crippen molar-refractivity contribution < 1.29 is 13.7 Å². The standard InChI is InChI=1S/C24H21FN4O2/c1-15-22-20(13-21(27-23(22)31-28-15)16-7-9-17(25)10-8-16)24(30)29-12-11-19(14-29)26-18-5-3-2-4-6-18/h2-10,13,19,26H,11-12,14H2,1H3. The molecule has 1 amide bonds. The molecule has 2 aromatic carbocycles. The summed E-state index contributed by atoms with van der Waals surface area (Å²) in [5, 5.41) is 8.12. The number of fused-ring (bicyclic) bond motifs is 1. The van der Waals surface area contributed by atoms with Crippen LogP contribution >= 0.6 is 0 Å². The Morgan fingerprint density at radius 2 is 1.94 bits per heavy atom. The van der Waals surface area contributed by atoms with Crippen molar-refractivity contribution in [3.05, 3.63) is 77.7 Å². The summed E-state index contributed by atoms with van der Waals surface area (Å²) in [5.41, 5.74) is 3.72. The molecule has 0 aliphatic carbocycles. The number of carbonyl (C=O) groups excluding carboxylic acids is 1. The fourth-order valence-corrected chi connectivity index (χ4v) is 4.03. The molecule has 1 N–H and O–H groups in total.